The van der Waals surface area contributed by atoms with Crippen molar-refractivity contribution in [3.8, 4) is 5.75 Å². The minimum absolute atomic E-state index is 0.0436. The molecule has 146 valence electrons. The lowest BCUT2D eigenvalue weighted by atomic mass is 9.73. The van der Waals surface area contributed by atoms with Crippen molar-refractivity contribution in [2.75, 3.05) is 0 Å². The molecule has 1 aliphatic heterocycles. The van der Waals surface area contributed by atoms with Gasteiger partial charge >= 0.3 is 0 Å². The Balaban J connectivity index is 1.42. The van der Waals surface area contributed by atoms with Crippen LogP contribution in [0.3, 0.4) is 0 Å². The summed E-state index contributed by atoms with van der Waals surface area (Å²) in [5.74, 6) is 1.04. The lowest BCUT2D eigenvalue weighted by Crippen LogP contribution is -2.33. The predicted octanol–water partition coefficient (Wildman–Crippen LogP) is 4.00. The molecule has 0 spiro atoms. The number of carbonyl (C=O) groups is 2. The maximum absolute atomic E-state index is 12.2. The minimum atomic E-state index is -0.692. The van der Waals surface area contributed by atoms with E-state index in [1.165, 1.54) is 12.8 Å². The van der Waals surface area contributed by atoms with Gasteiger partial charge in [-0.05, 0) is 43.7 Å². The highest BCUT2D eigenvalue weighted by molar-refractivity contribution is 6.06. The lowest BCUT2D eigenvalue weighted by Gasteiger charge is -2.28. The molecule has 5 nitrogen and oxygen atoms in total. The fourth-order valence-corrected chi connectivity index (χ4v) is 3.85. The van der Waals surface area contributed by atoms with E-state index < -0.39 is 5.41 Å². The van der Waals surface area contributed by atoms with E-state index >= 15 is 0 Å². The van der Waals surface area contributed by atoms with Gasteiger partial charge in [-0.15, -0.1) is 0 Å². The summed E-state index contributed by atoms with van der Waals surface area (Å²) in [6, 6.07) is 12.1. The fourth-order valence-electron chi connectivity index (χ4n) is 3.85. The van der Waals surface area contributed by atoms with Crippen LogP contribution in [-0.2, 0) is 16.2 Å². The van der Waals surface area contributed by atoms with Gasteiger partial charge in [0, 0.05) is 35.9 Å². The molecule has 2 fully saturated rings. The molecule has 1 unspecified atom stereocenters. The Morgan fingerprint density at radius 1 is 1.21 bits per heavy atom. The van der Waals surface area contributed by atoms with Crippen LogP contribution in [0.1, 0.15) is 67.5 Å². The molecule has 1 aliphatic carbocycles. The van der Waals surface area contributed by atoms with Crippen LogP contribution in [-0.4, -0.2) is 16.8 Å². The number of hydrogen-bond donors (Lipinski definition) is 1. The van der Waals surface area contributed by atoms with Gasteiger partial charge in [-0.1, -0.05) is 31.2 Å². The molecule has 0 bridgehead atoms. The van der Waals surface area contributed by atoms with Crippen molar-refractivity contribution in [3.63, 3.8) is 0 Å². The van der Waals surface area contributed by atoms with Gasteiger partial charge in [0.15, 0.2) is 0 Å². The van der Waals surface area contributed by atoms with E-state index in [9.17, 15) is 9.59 Å². The Hall–Kier alpha value is -2.69. The molecule has 1 aromatic carbocycles. The molecule has 28 heavy (non-hydrogen) atoms. The SMILES string of the molecule is Cc1cc(OCc2ccc(C(C)[C@]3(C)CC(=O)NC3=O)cc2)cc(C2CC2)n1. The van der Waals surface area contributed by atoms with Gasteiger partial charge in [0.1, 0.15) is 12.4 Å². The second kappa shape index (κ2) is 7.04. The van der Waals surface area contributed by atoms with E-state index in [1.807, 2.05) is 51.1 Å². The van der Waals surface area contributed by atoms with E-state index in [-0.39, 0.29) is 24.2 Å². The summed E-state index contributed by atoms with van der Waals surface area (Å²) in [4.78, 5) is 28.4. The summed E-state index contributed by atoms with van der Waals surface area (Å²) in [7, 11) is 0. The lowest BCUT2D eigenvalue weighted by molar-refractivity contribution is -0.128. The van der Waals surface area contributed by atoms with E-state index in [2.05, 4.69) is 16.4 Å². The molecule has 2 amide bonds. The Bertz CT molecular complexity index is 918. The summed E-state index contributed by atoms with van der Waals surface area (Å²) in [5.41, 5.74) is 3.54. The second-order valence-electron chi connectivity index (χ2n) is 8.37. The van der Waals surface area contributed by atoms with Gasteiger partial charge in [0.2, 0.25) is 11.8 Å². The zero-order valence-electron chi connectivity index (χ0n) is 16.6. The topological polar surface area (TPSA) is 68.3 Å². The average molecular weight is 378 g/mol. The summed E-state index contributed by atoms with van der Waals surface area (Å²) < 4.78 is 5.99. The number of pyridine rings is 1. The predicted molar refractivity (Wildman–Crippen MR) is 106 cm³/mol. The molecule has 0 radical (unpaired) electrons. The molecule has 2 aliphatic rings. The Kier molecular flexibility index (Phi) is 4.69. The van der Waals surface area contributed by atoms with Crippen molar-refractivity contribution in [3.05, 3.63) is 58.9 Å². The highest BCUT2D eigenvalue weighted by atomic mass is 16.5. The van der Waals surface area contributed by atoms with E-state index in [0.717, 1.165) is 28.3 Å². The number of aryl methyl sites for hydroxylation is 1. The number of carbonyl (C=O) groups excluding carboxylic acids is 2. The first-order valence-corrected chi connectivity index (χ1v) is 9.89. The number of nitrogens with zero attached hydrogens (tertiary/aromatic N) is 1. The second-order valence-corrected chi connectivity index (χ2v) is 8.37. The first-order valence-electron chi connectivity index (χ1n) is 9.89. The molecular weight excluding hydrogens is 352 g/mol. The summed E-state index contributed by atoms with van der Waals surface area (Å²) in [5, 5.41) is 2.43. The molecule has 4 rings (SSSR count). The Morgan fingerprint density at radius 3 is 2.54 bits per heavy atom. The van der Waals surface area contributed by atoms with Crippen molar-refractivity contribution >= 4 is 11.8 Å². The summed E-state index contributed by atoms with van der Waals surface area (Å²) >= 11 is 0. The molecule has 1 saturated carbocycles. The van der Waals surface area contributed by atoms with Gasteiger partial charge in [-0.2, -0.15) is 0 Å². The van der Waals surface area contributed by atoms with Crippen LogP contribution in [0.15, 0.2) is 36.4 Å². The number of benzene rings is 1. The van der Waals surface area contributed by atoms with Crippen LogP contribution in [0, 0.1) is 12.3 Å². The van der Waals surface area contributed by atoms with Gasteiger partial charge in [0.25, 0.3) is 0 Å². The van der Waals surface area contributed by atoms with Crippen molar-refractivity contribution in [2.45, 2.75) is 58.5 Å². The van der Waals surface area contributed by atoms with Crippen molar-refractivity contribution in [1.29, 1.82) is 0 Å². The van der Waals surface area contributed by atoms with Crippen LogP contribution in [0.2, 0.25) is 0 Å². The molecule has 2 aromatic rings. The average Bonchev–Trinajstić information content (AvgIpc) is 3.47. The summed E-state index contributed by atoms with van der Waals surface area (Å²) in [6.07, 6.45) is 2.68. The van der Waals surface area contributed by atoms with Crippen LogP contribution < -0.4 is 10.1 Å². The standard InChI is InChI=1S/C23H26N2O3/c1-14-10-19(11-20(24-14)18-8-9-18)28-13-16-4-6-17(7-5-16)15(2)23(3)12-21(26)25-22(23)27/h4-7,10-11,15,18H,8-9,12-13H2,1-3H3,(H,25,26,27)/t15?,23-/m0/s1. The third kappa shape index (κ3) is 3.66. The Morgan fingerprint density at radius 2 is 1.93 bits per heavy atom. The van der Waals surface area contributed by atoms with E-state index in [1.54, 1.807) is 0 Å². The van der Waals surface area contributed by atoms with Gasteiger partial charge in [-0.3, -0.25) is 19.9 Å². The number of nitrogens with one attached hydrogen (secondary N) is 1. The molecule has 2 atom stereocenters. The van der Waals surface area contributed by atoms with E-state index in [4.69, 9.17) is 4.74 Å². The van der Waals surface area contributed by atoms with Crippen LogP contribution in [0.4, 0.5) is 0 Å². The number of ether oxygens (including phenoxy) is 1. The normalized spacial score (nSPS) is 22.8. The largest absolute Gasteiger partial charge is 0.489 e. The number of aromatic nitrogens is 1. The first-order chi connectivity index (χ1) is 13.3. The number of hydrogen-bond acceptors (Lipinski definition) is 4. The third-order valence-electron chi connectivity index (χ3n) is 6.08. The zero-order valence-corrected chi connectivity index (χ0v) is 16.6. The molecule has 2 heterocycles. The monoisotopic (exact) mass is 378 g/mol. The van der Waals surface area contributed by atoms with Crippen molar-refractivity contribution in [1.82, 2.24) is 10.3 Å². The highest BCUT2D eigenvalue weighted by Gasteiger charge is 2.46. The smallest absolute Gasteiger partial charge is 0.233 e. The van der Waals surface area contributed by atoms with Crippen molar-refractivity contribution in [2.24, 2.45) is 5.41 Å². The molecule has 1 N–H and O–H groups in total. The molecule has 5 heteroatoms. The van der Waals surface area contributed by atoms with Crippen LogP contribution >= 0.6 is 0 Å². The maximum Gasteiger partial charge on any atom is 0.233 e. The third-order valence-corrected chi connectivity index (χ3v) is 6.08. The quantitative estimate of drug-likeness (QED) is 0.772. The fraction of sp³-hybridized carbons (Fsp3) is 0.435. The van der Waals surface area contributed by atoms with E-state index in [0.29, 0.717) is 12.5 Å². The van der Waals surface area contributed by atoms with Gasteiger partial charge < -0.3 is 4.74 Å². The van der Waals surface area contributed by atoms with Crippen LogP contribution in [0.5, 0.6) is 5.75 Å². The minimum Gasteiger partial charge on any atom is -0.489 e. The summed E-state index contributed by atoms with van der Waals surface area (Å²) in [6.45, 7) is 6.35. The zero-order chi connectivity index (χ0) is 19.9. The number of rotatable bonds is 6. The van der Waals surface area contributed by atoms with Crippen LogP contribution in [0.25, 0.3) is 0 Å². The van der Waals surface area contributed by atoms with Gasteiger partial charge in [0.05, 0.1) is 5.41 Å². The molecular formula is C23H26N2O3. The molecule has 1 aromatic heterocycles. The first kappa shape index (κ1) is 18.7. The van der Waals surface area contributed by atoms with Gasteiger partial charge in [-0.25, -0.2) is 0 Å². The number of amides is 2. The highest BCUT2D eigenvalue weighted by Crippen LogP contribution is 2.42. The maximum atomic E-state index is 12.2. The molecule has 1 saturated heterocycles. The Labute approximate surface area is 165 Å². The number of imide groups is 1. The van der Waals surface area contributed by atoms with Crippen molar-refractivity contribution < 1.29 is 14.3 Å².